The molecule has 0 bridgehead atoms. The molecule has 1 heterocycles. The fraction of sp³-hybridized carbons (Fsp3) is 0.312. The van der Waals surface area contributed by atoms with Crippen LogP contribution in [-0.4, -0.2) is 19.9 Å². The summed E-state index contributed by atoms with van der Waals surface area (Å²) in [4.78, 5) is 4.06. The lowest BCUT2D eigenvalue weighted by atomic mass is 10.2. The second kappa shape index (κ2) is 7.38. The molecule has 1 aromatic heterocycles. The summed E-state index contributed by atoms with van der Waals surface area (Å²) < 4.78 is 32.3. The zero-order valence-corrected chi connectivity index (χ0v) is 13.5. The van der Waals surface area contributed by atoms with Crippen LogP contribution < -0.4 is 9.46 Å². The maximum atomic E-state index is 12.1. The monoisotopic (exact) mass is 320 g/mol. The highest BCUT2D eigenvalue weighted by molar-refractivity contribution is 7.89. The number of nitrogens with zero attached hydrogens (tertiary/aromatic N) is 1. The van der Waals surface area contributed by atoms with Crippen molar-refractivity contribution < 1.29 is 13.2 Å². The maximum absolute atomic E-state index is 12.1. The molecule has 22 heavy (non-hydrogen) atoms. The topological polar surface area (TPSA) is 68.3 Å². The Morgan fingerprint density at radius 3 is 2.50 bits per heavy atom. The van der Waals surface area contributed by atoms with Crippen molar-refractivity contribution in [1.29, 1.82) is 0 Å². The van der Waals surface area contributed by atoms with Crippen molar-refractivity contribution >= 4 is 10.0 Å². The van der Waals surface area contributed by atoms with Crippen LogP contribution >= 0.6 is 0 Å². The third-order valence-electron chi connectivity index (χ3n) is 2.88. The van der Waals surface area contributed by atoms with Crippen molar-refractivity contribution in [2.45, 2.75) is 25.5 Å². The quantitative estimate of drug-likeness (QED) is 0.851. The molecule has 6 heteroatoms. The molecule has 0 aliphatic heterocycles. The summed E-state index contributed by atoms with van der Waals surface area (Å²) in [6.45, 7) is 4.60. The summed E-state index contributed by atoms with van der Waals surface area (Å²) >= 11 is 0. The second-order valence-electron chi connectivity index (χ2n) is 5.33. The van der Waals surface area contributed by atoms with E-state index >= 15 is 0 Å². The molecular formula is C16H20N2O3S. The van der Waals surface area contributed by atoms with Crippen molar-refractivity contribution in [3.05, 3.63) is 54.1 Å². The fourth-order valence-electron chi connectivity index (χ4n) is 1.71. The van der Waals surface area contributed by atoms with Gasteiger partial charge in [-0.05, 0) is 17.5 Å². The Hall–Kier alpha value is -1.92. The summed E-state index contributed by atoms with van der Waals surface area (Å²) in [7, 11) is -3.60. The third kappa shape index (κ3) is 4.82. The molecule has 0 unspecified atom stereocenters. The van der Waals surface area contributed by atoms with Crippen molar-refractivity contribution in [3.8, 4) is 5.88 Å². The summed E-state index contributed by atoms with van der Waals surface area (Å²) in [6.07, 6.45) is 0. The van der Waals surface area contributed by atoms with E-state index in [1.54, 1.807) is 12.1 Å². The summed E-state index contributed by atoms with van der Waals surface area (Å²) in [5, 5.41) is -0.0290. The molecule has 0 saturated carbocycles. The van der Waals surface area contributed by atoms with Gasteiger partial charge in [-0.1, -0.05) is 50.2 Å². The first kappa shape index (κ1) is 16.5. The van der Waals surface area contributed by atoms with Gasteiger partial charge in [0.1, 0.15) is 6.61 Å². The molecule has 0 saturated heterocycles. The summed E-state index contributed by atoms with van der Waals surface area (Å²) in [5.74, 6) is 0.517. The van der Waals surface area contributed by atoms with Gasteiger partial charge in [-0.3, -0.25) is 0 Å². The van der Waals surface area contributed by atoms with Gasteiger partial charge in [0, 0.05) is 12.6 Å². The van der Waals surface area contributed by atoms with Crippen LogP contribution in [0.1, 0.15) is 19.4 Å². The number of rotatable bonds is 7. The predicted octanol–water partition coefficient (Wildman–Crippen LogP) is 2.59. The molecule has 2 aromatic rings. The molecule has 0 atom stereocenters. The first-order chi connectivity index (χ1) is 10.5. The molecular weight excluding hydrogens is 300 g/mol. The van der Waals surface area contributed by atoms with Crippen LogP contribution in [-0.2, 0) is 16.6 Å². The Kier molecular flexibility index (Phi) is 5.51. The van der Waals surface area contributed by atoms with Gasteiger partial charge in [0.25, 0.3) is 10.0 Å². The van der Waals surface area contributed by atoms with Crippen LogP contribution in [0.5, 0.6) is 5.88 Å². The highest BCUT2D eigenvalue weighted by Gasteiger charge is 2.16. The lowest BCUT2D eigenvalue weighted by Crippen LogP contribution is -2.28. The Morgan fingerprint density at radius 2 is 1.82 bits per heavy atom. The number of hydrogen-bond donors (Lipinski definition) is 1. The second-order valence-corrected chi connectivity index (χ2v) is 7.05. The average molecular weight is 320 g/mol. The van der Waals surface area contributed by atoms with Crippen molar-refractivity contribution in [1.82, 2.24) is 9.71 Å². The number of hydrogen-bond acceptors (Lipinski definition) is 4. The van der Waals surface area contributed by atoms with Crippen LogP contribution in [0.4, 0.5) is 0 Å². The highest BCUT2D eigenvalue weighted by Crippen LogP contribution is 2.14. The van der Waals surface area contributed by atoms with Gasteiger partial charge in [-0.2, -0.15) is 0 Å². The van der Waals surface area contributed by atoms with E-state index in [0.29, 0.717) is 13.2 Å². The zero-order valence-electron chi connectivity index (χ0n) is 12.7. The predicted molar refractivity (Wildman–Crippen MR) is 85.0 cm³/mol. The molecule has 0 radical (unpaired) electrons. The number of aromatic nitrogens is 1. The van der Waals surface area contributed by atoms with Gasteiger partial charge in [-0.15, -0.1) is 0 Å². The van der Waals surface area contributed by atoms with Gasteiger partial charge < -0.3 is 4.74 Å². The molecule has 0 fully saturated rings. The number of sulfonamides is 1. The van der Waals surface area contributed by atoms with Crippen LogP contribution in [0.15, 0.2) is 53.6 Å². The minimum absolute atomic E-state index is 0.0290. The summed E-state index contributed by atoms with van der Waals surface area (Å²) in [5.41, 5.74) is 0.996. The Morgan fingerprint density at radius 1 is 1.09 bits per heavy atom. The van der Waals surface area contributed by atoms with Crippen LogP contribution in [0.2, 0.25) is 0 Å². The van der Waals surface area contributed by atoms with Gasteiger partial charge in [0.2, 0.25) is 5.88 Å². The average Bonchev–Trinajstić information content (AvgIpc) is 2.52. The minimum atomic E-state index is -3.60. The third-order valence-corrected chi connectivity index (χ3v) is 4.21. The van der Waals surface area contributed by atoms with Crippen molar-refractivity contribution in [3.63, 3.8) is 0 Å². The van der Waals surface area contributed by atoms with E-state index < -0.39 is 10.0 Å². The summed E-state index contributed by atoms with van der Waals surface area (Å²) in [6, 6.07) is 14.4. The van der Waals surface area contributed by atoms with Gasteiger partial charge >= 0.3 is 0 Å². The number of ether oxygens (including phenoxy) is 1. The molecule has 2 rings (SSSR count). The molecule has 118 valence electrons. The van der Waals surface area contributed by atoms with Crippen molar-refractivity contribution in [2.75, 3.05) is 6.54 Å². The first-order valence-electron chi connectivity index (χ1n) is 7.11. The van der Waals surface area contributed by atoms with E-state index in [-0.39, 0.29) is 16.8 Å². The van der Waals surface area contributed by atoms with E-state index in [0.717, 1.165) is 5.56 Å². The van der Waals surface area contributed by atoms with E-state index in [1.807, 2.05) is 44.2 Å². The number of benzene rings is 1. The fourth-order valence-corrected chi connectivity index (χ4v) is 2.88. The van der Waals surface area contributed by atoms with E-state index in [4.69, 9.17) is 4.74 Å². The first-order valence-corrected chi connectivity index (χ1v) is 8.59. The van der Waals surface area contributed by atoms with Crippen LogP contribution in [0, 0.1) is 5.92 Å². The lowest BCUT2D eigenvalue weighted by molar-refractivity contribution is 0.291. The van der Waals surface area contributed by atoms with Gasteiger partial charge in [0.15, 0.2) is 5.03 Å². The normalized spacial score (nSPS) is 11.6. The Balaban J connectivity index is 2.06. The molecule has 5 nitrogen and oxygen atoms in total. The van der Waals surface area contributed by atoms with E-state index in [2.05, 4.69) is 9.71 Å². The molecule has 1 aromatic carbocycles. The minimum Gasteiger partial charge on any atom is -0.473 e. The highest BCUT2D eigenvalue weighted by atomic mass is 32.2. The molecule has 0 amide bonds. The largest absolute Gasteiger partial charge is 0.473 e. The Labute approximate surface area is 131 Å². The standard InChI is InChI=1S/C16H20N2O3S/c1-13(2)11-17-22(19,20)16-10-6-9-15(18-16)21-12-14-7-4-3-5-8-14/h3-10,13,17H,11-12H2,1-2H3. The zero-order chi connectivity index (χ0) is 16.0. The van der Waals surface area contributed by atoms with Gasteiger partial charge in [0.05, 0.1) is 0 Å². The molecule has 0 aliphatic rings. The van der Waals surface area contributed by atoms with E-state index in [1.165, 1.54) is 6.07 Å². The smallest absolute Gasteiger partial charge is 0.258 e. The number of pyridine rings is 1. The molecule has 0 aliphatic carbocycles. The maximum Gasteiger partial charge on any atom is 0.258 e. The van der Waals surface area contributed by atoms with E-state index in [9.17, 15) is 8.42 Å². The number of nitrogens with one attached hydrogen (secondary N) is 1. The SMILES string of the molecule is CC(C)CNS(=O)(=O)c1cccc(OCc2ccccc2)n1. The lowest BCUT2D eigenvalue weighted by Gasteiger charge is -2.10. The molecule has 1 N–H and O–H groups in total. The Bertz CT molecular complexity index is 700. The van der Waals surface area contributed by atoms with Crippen LogP contribution in [0.25, 0.3) is 0 Å². The van der Waals surface area contributed by atoms with Gasteiger partial charge in [-0.25, -0.2) is 18.1 Å². The van der Waals surface area contributed by atoms with Crippen molar-refractivity contribution in [2.24, 2.45) is 5.92 Å². The molecule has 0 spiro atoms. The van der Waals surface area contributed by atoms with Crippen LogP contribution in [0.3, 0.4) is 0 Å².